The molecule has 0 bridgehead atoms. The number of benzene rings is 1. The summed E-state index contributed by atoms with van der Waals surface area (Å²) in [6.07, 6.45) is 5.58. The fourth-order valence-corrected chi connectivity index (χ4v) is 4.72. The summed E-state index contributed by atoms with van der Waals surface area (Å²) in [6.45, 7) is -0.108. The molecular formula is C20H20N4O3S. The van der Waals surface area contributed by atoms with Gasteiger partial charge >= 0.3 is 0 Å². The van der Waals surface area contributed by atoms with Crippen molar-refractivity contribution in [2.45, 2.75) is 32.2 Å². The standard InChI is InChI=1S/C20H20N4O3S/c1-21-18(26)12-6-8-13(9-7-12)23-16(25)10-24-11-22-19-17(20(24)27)14-4-2-3-5-15(14)28-19/h6-9,11H,2-5,10H2,1H3,(H,21,26)(H,23,25). The summed E-state index contributed by atoms with van der Waals surface area (Å²) in [6, 6.07) is 6.57. The van der Waals surface area contributed by atoms with Gasteiger partial charge in [0, 0.05) is 23.2 Å². The van der Waals surface area contributed by atoms with Gasteiger partial charge in [-0.25, -0.2) is 4.98 Å². The first-order valence-electron chi connectivity index (χ1n) is 9.18. The van der Waals surface area contributed by atoms with Gasteiger partial charge in [0.15, 0.2) is 0 Å². The minimum Gasteiger partial charge on any atom is -0.355 e. The van der Waals surface area contributed by atoms with Crippen molar-refractivity contribution in [2.24, 2.45) is 0 Å². The summed E-state index contributed by atoms with van der Waals surface area (Å²) in [5.74, 6) is -0.511. The van der Waals surface area contributed by atoms with Crippen molar-refractivity contribution < 1.29 is 9.59 Å². The number of amides is 2. The number of nitrogens with one attached hydrogen (secondary N) is 2. The molecule has 0 atom stereocenters. The summed E-state index contributed by atoms with van der Waals surface area (Å²) < 4.78 is 1.36. The molecule has 2 aromatic heterocycles. The van der Waals surface area contributed by atoms with Crippen LogP contribution < -0.4 is 16.2 Å². The zero-order valence-electron chi connectivity index (χ0n) is 15.4. The number of hydrogen-bond acceptors (Lipinski definition) is 5. The second-order valence-electron chi connectivity index (χ2n) is 6.77. The summed E-state index contributed by atoms with van der Waals surface area (Å²) in [7, 11) is 1.56. The fraction of sp³-hybridized carbons (Fsp3) is 0.300. The van der Waals surface area contributed by atoms with Crippen LogP contribution in [0.15, 0.2) is 35.4 Å². The van der Waals surface area contributed by atoms with Crippen molar-refractivity contribution in [3.8, 4) is 0 Å². The Labute approximate surface area is 165 Å². The summed E-state index contributed by atoms with van der Waals surface area (Å²) in [5.41, 5.74) is 2.03. The molecule has 8 heteroatoms. The zero-order valence-corrected chi connectivity index (χ0v) is 16.3. The highest BCUT2D eigenvalue weighted by molar-refractivity contribution is 7.18. The molecule has 0 spiro atoms. The molecule has 0 unspecified atom stereocenters. The molecule has 144 valence electrons. The predicted molar refractivity (Wildman–Crippen MR) is 109 cm³/mol. The van der Waals surface area contributed by atoms with Gasteiger partial charge in [0.2, 0.25) is 5.91 Å². The number of nitrogens with zero attached hydrogens (tertiary/aromatic N) is 2. The van der Waals surface area contributed by atoms with Crippen LogP contribution in [0.2, 0.25) is 0 Å². The summed E-state index contributed by atoms with van der Waals surface area (Å²) in [4.78, 5) is 43.3. The van der Waals surface area contributed by atoms with E-state index in [4.69, 9.17) is 0 Å². The maximum absolute atomic E-state index is 12.9. The molecule has 1 aliphatic rings. The van der Waals surface area contributed by atoms with E-state index in [0.29, 0.717) is 16.6 Å². The number of aromatic nitrogens is 2. The van der Waals surface area contributed by atoms with Gasteiger partial charge < -0.3 is 10.6 Å². The van der Waals surface area contributed by atoms with Crippen molar-refractivity contribution in [3.63, 3.8) is 0 Å². The molecule has 7 nitrogen and oxygen atoms in total. The van der Waals surface area contributed by atoms with Gasteiger partial charge in [0.1, 0.15) is 11.4 Å². The van der Waals surface area contributed by atoms with E-state index < -0.39 is 0 Å². The van der Waals surface area contributed by atoms with E-state index in [-0.39, 0.29) is 23.9 Å². The van der Waals surface area contributed by atoms with E-state index in [0.717, 1.165) is 36.1 Å². The molecular weight excluding hydrogens is 376 g/mol. The SMILES string of the molecule is CNC(=O)c1ccc(NC(=O)Cn2cnc3sc4c(c3c2=O)CCCC4)cc1. The maximum atomic E-state index is 12.9. The van der Waals surface area contributed by atoms with E-state index in [9.17, 15) is 14.4 Å². The topological polar surface area (TPSA) is 93.1 Å². The summed E-state index contributed by atoms with van der Waals surface area (Å²) in [5, 5.41) is 5.97. The van der Waals surface area contributed by atoms with Crippen LogP contribution in [0.4, 0.5) is 5.69 Å². The lowest BCUT2D eigenvalue weighted by Gasteiger charge is -2.11. The average Bonchev–Trinajstić information content (AvgIpc) is 3.09. The van der Waals surface area contributed by atoms with Crippen LogP contribution >= 0.6 is 11.3 Å². The van der Waals surface area contributed by atoms with Gasteiger partial charge in [-0.05, 0) is 55.5 Å². The molecule has 2 heterocycles. The Morgan fingerprint density at radius 3 is 2.68 bits per heavy atom. The first kappa shape index (κ1) is 18.4. The molecule has 2 amide bonds. The van der Waals surface area contributed by atoms with Crippen molar-refractivity contribution in [2.75, 3.05) is 12.4 Å². The summed E-state index contributed by atoms with van der Waals surface area (Å²) >= 11 is 1.59. The quantitative estimate of drug-likeness (QED) is 0.708. The molecule has 2 N–H and O–H groups in total. The molecule has 0 radical (unpaired) electrons. The number of fused-ring (bicyclic) bond motifs is 3. The number of thiophene rings is 1. The Morgan fingerprint density at radius 2 is 1.93 bits per heavy atom. The van der Waals surface area contributed by atoms with Gasteiger partial charge in [-0.1, -0.05) is 0 Å². The van der Waals surface area contributed by atoms with E-state index >= 15 is 0 Å². The van der Waals surface area contributed by atoms with Crippen molar-refractivity contribution in [3.05, 3.63) is 57.0 Å². The highest BCUT2D eigenvalue weighted by Gasteiger charge is 2.20. The van der Waals surface area contributed by atoms with Crippen LogP contribution in [-0.4, -0.2) is 28.4 Å². The molecule has 1 aromatic carbocycles. The Kier molecular flexibility index (Phi) is 4.95. The number of carbonyl (C=O) groups excluding carboxylic acids is 2. The molecule has 0 saturated heterocycles. The number of carbonyl (C=O) groups is 2. The third-order valence-electron chi connectivity index (χ3n) is 4.91. The number of rotatable bonds is 4. The molecule has 4 rings (SSSR count). The highest BCUT2D eigenvalue weighted by atomic mass is 32.1. The lowest BCUT2D eigenvalue weighted by molar-refractivity contribution is -0.116. The van der Waals surface area contributed by atoms with E-state index in [1.807, 2.05) is 0 Å². The van der Waals surface area contributed by atoms with Gasteiger partial charge in [-0.2, -0.15) is 0 Å². The largest absolute Gasteiger partial charge is 0.355 e. The van der Waals surface area contributed by atoms with Crippen LogP contribution in [-0.2, 0) is 24.2 Å². The highest BCUT2D eigenvalue weighted by Crippen LogP contribution is 2.33. The monoisotopic (exact) mass is 396 g/mol. The first-order chi connectivity index (χ1) is 13.6. The van der Waals surface area contributed by atoms with E-state index in [1.54, 1.807) is 42.6 Å². The second-order valence-corrected chi connectivity index (χ2v) is 7.86. The Morgan fingerprint density at radius 1 is 1.18 bits per heavy atom. The van der Waals surface area contributed by atoms with Crippen molar-refractivity contribution in [1.82, 2.24) is 14.9 Å². The number of aryl methyl sites for hydroxylation is 2. The van der Waals surface area contributed by atoms with Crippen molar-refractivity contribution >= 4 is 39.1 Å². The van der Waals surface area contributed by atoms with Crippen LogP contribution in [0.1, 0.15) is 33.6 Å². The predicted octanol–water partition coefficient (Wildman–Crippen LogP) is 2.34. The third kappa shape index (κ3) is 3.43. The second kappa shape index (κ2) is 7.55. The minimum absolute atomic E-state index is 0.108. The molecule has 0 aliphatic heterocycles. The lowest BCUT2D eigenvalue weighted by atomic mass is 9.97. The Balaban J connectivity index is 1.53. The Hall–Kier alpha value is -3.00. The Bertz CT molecular complexity index is 1110. The molecule has 28 heavy (non-hydrogen) atoms. The fourth-order valence-electron chi connectivity index (χ4n) is 3.50. The zero-order chi connectivity index (χ0) is 19.7. The number of anilines is 1. The van der Waals surface area contributed by atoms with Gasteiger partial charge in [-0.3, -0.25) is 19.0 Å². The van der Waals surface area contributed by atoms with Gasteiger partial charge in [-0.15, -0.1) is 11.3 Å². The molecule has 3 aromatic rings. The molecule has 0 saturated carbocycles. The van der Waals surface area contributed by atoms with E-state index in [1.165, 1.54) is 15.8 Å². The van der Waals surface area contributed by atoms with Gasteiger partial charge in [0.05, 0.1) is 11.7 Å². The third-order valence-corrected chi connectivity index (χ3v) is 6.11. The lowest BCUT2D eigenvalue weighted by Crippen LogP contribution is -2.28. The molecule has 1 aliphatic carbocycles. The van der Waals surface area contributed by atoms with Crippen LogP contribution in [0, 0.1) is 0 Å². The van der Waals surface area contributed by atoms with Crippen LogP contribution in [0.5, 0.6) is 0 Å². The first-order valence-corrected chi connectivity index (χ1v) is 10.00. The number of hydrogen-bond donors (Lipinski definition) is 2. The minimum atomic E-state index is -0.319. The van der Waals surface area contributed by atoms with Crippen LogP contribution in [0.3, 0.4) is 0 Å². The van der Waals surface area contributed by atoms with Gasteiger partial charge in [0.25, 0.3) is 11.5 Å². The smallest absolute Gasteiger partial charge is 0.262 e. The normalized spacial score (nSPS) is 13.2. The average molecular weight is 396 g/mol. The molecule has 0 fully saturated rings. The van der Waals surface area contributed by atoms with E-state index in [2.05, 4.69) is 15.6 Å². The van der Waals surface area contributed by atoms with Crippen LogP contribution in [0.25, 0.3) is 10.2 Å². The van der Waals surface area contributed by atoms with Crippen molar-refractivity contribution in [1.29, 1.82) is 0 Å². The maximum Gasteiger partial charge on any atom is 0.262 e.